The number of hydrogen-bond acceptors (Lipinski definition) is 7. The van der Waals surface area contributed by atoms with Crippen molar-refractivity contribution in [3.8, 4) is 17.2 Å². The van der Waals surface area contributed by atoms with E-state index in [4.69, 9.17) is 16.0 Å². The molecule has 3 heterocycles. The smallest absolute Gasteiger partial charge is 0.293 e. The lowest BCUT2D eigenvalue weighted by molar-refractivity contribution is 0.0996. The highest BCUT2D eigenvalue weighted by Crippen LogP contribution is 2.25. The number of carbonyl (C=O) groups excluding carboxylic acids is 1. The number of amides is 1. The van der Waals surface area contributed by atoms with Gasteiger partial charge in [-0.25, -0.2) is 9.07 Å². The molecular weight excluding hydrogens is 395 g/mol. The first-order chi connectivity index (χ1) is 13.0. The van der Waals surface area contributed by atoms with Crippen LogP contribution in [0.25, 0.3) is 17.2 Å². The number of carbonyl (C=O) groups is 1. The molecule has 3 aromatic heterocycles. The van der Waals surface area contributed by atoms with Crippen LogP contribution in [0.15, 0.2) is 41.0 Å². The van der Waals surface area contributed by atoms with Crippen LogP contribution in [0.3, 0.4) is 0 Å². The summed E-state index contributed by atoms with van der Waals surface area (Å²) < 4.78 is 24.1. The molecule has 0 spiro atoms. The van der Waals surface area contributed by atoms with Gasteiger partial charge in [-0.1, -0.05) is 16.8 Å². The monoisotopic (exact) mass is 404 g/mol. The Morgan fingerprint density at radius 3 is 2.96 bits per heavy atom. The molecule has 0 aliphatic carbocycles. The van der Waals surface area contributed by atoms with Crippen molar-refractivity contribution < 1.29 is 13.6 Å². The summed E-state index contributed by atoms with van der Waals surface area (Å²) in [5.74, 6) is -0.464. The number of anilines is 1. The molecule has 136 valence electrons. The largest absolute Gasteiger partial charge is 0.459 e. The van der Waals surface area contributed by atoms with Gasteiger partial charge in [0, 0.05) is 11.5 Å². The first-order valence-corrected chi connectivity index (χ1v) is 8.74. The lowest BCUT2D eigenvalue weighted by atomic mass is 10.3. The summed E-state index contributed by atoms with van der Waals surface area (Å²) in [7, 11) is 0. The van der Waals surface area contributed by atoms with E-state index in [1.165, 1.54) is 29.1 Å². The lowest BCUT2D eigenvalue weighted by Gasteiger charge is -2.04. The molecule has 27 heavy (non-hydrogen) atoms. The molecule has 0 atom stereocenters. The number of benzene rings is 1. The van der Waals surface area contributed by atoms with Crippen LogP contribution in [-0.4, -0.2) is 30.3 Å². The van der Waals surface area contributed by atoms with Crippen molar-refractivity contribution in [1.29, 1.82) is 0 Å². The number of halogens is 2. The normalized spacial score (nSPS) is 10.9. The maximum Gasteiger partial charge on any atom is 0.293 e. The Morgan fingerprint density at radius 2 is 2.22 bits per heavy atom. The molecule has 0 aliphatic rings. The molecule has 4 aromatic rings. The fraction of sp³-hybridized carbons (Fsp3) is 0.0625. The van der Waals surface area contributed by atoms with Gasteiger partial charge in [-0.15, -0.1) is 5.10 Å². The fourth-order valence-corrected chi connectivity index (χ4v) is 3.08. The van der Waals surface area contributed by atoms with Crippen LogP contribution in [-0.2, 0) is 0 Å². The molecule has 0 fully saturated rings. The number of hydrogen-bond donors (Lipinski definition) is 1. The Kier molecular flexibility index (Phi) is 4.42. The molecule has 8 nitrogen and oxygen atoms in total. The van der Waals surface area contributed by atoms with E-state index in [1.807, 2.05) is 0 Å². The Labute approximate surface area is 160 Å². The van der Waals surface area contributed by atoms with Crippen molar-refractivity contribution in [3.05, 3.63) is 58.9 Å². The van der Waals surface area contributed by atoms with E-state index >= 15 is 0 Å². The molecule has 1 aromatic carbocycles. The summed E-state index contributed by atoms with van der Waals surface area (Å²) in [6.45, 7) is 1.77. The SMILES string of the molecule is Cc1c(-c2nsc(NC(=O)c3ccco3)n2)nnn1-c1ccc(F)c(Cl)c1. The molecule has 0 saturated heterocycles. The second-order valence-electron chi connectivity index (χ2n) is 5.39. The maximum absolute atomic E-state index is 13.4. The predicted molar refractivity (Wildman–Crippen MR) is 96.6 cm³/mol. The van der Waals surface area contributed by atoms with E-state index in [0.717, 1.165) is 11.5 Å². The fourth-order valence-electron chi connectivity index (χ4n) is 2.33. The predicted octanol–water partition coefficient (Wildman–Crippen LogP) is 3.73. The van der Waals surface area contributed by atoms with E-state index in [2.05, 4.69) is 25.0 Å². The molecule has 0 bridgehead atoms. The van der Waals surface area contributed by atoms with Gasteiger partial charge in [-0.2, -0.15) is 9.36 Å². The molecule has 4 rings (SSSR count). The van der Waals surface area contributed by atoms with Crippen LogP contribution < -0.4 is 5.32 Å². The zero-order valence-electron chi connectivity index (χ0n) is 13.7. The number of aromatic nitrogens is 5. The molecule has 1 N–H and O–H groups in total. The van der Waals surface area contributed by atoms with Gasteiger partial charge in [0.2, 0.25) is 5.13 Å². The first-order valence-electron chi connectivity index (χ1n) is 7.59. The minimum atomic E-state index is -0.517. The summed E-state index contributed by atoms with van der Waals surface area (Å²) >= 11 is 6.83. The summed E-state index contributed by atoms with van der Waals surface area (Å²) in [5.41, 5.74) is 1.63. The van der Waals surface area contributed by atoms with Crippen molar-refractivity contribution in [1.82, 2.24) is 24.4 Å². The molecule has 0 saturated carbocycles. The highest BCUT2D eigenvalue weighted by atomic mass is 35.5. The van der Waals surface area contributed by atoms with E-state index in [9.17, 15) is 9.18 Å². The van der Waals surface area contributed by atoms with Gasteiger partial charge < -0.3 is 4.42 Å². The van der Waals surface area contributed by atoms with Crippen molar-refractivity contribution in [2.75, 3.05) is 5.32 Å². The number of nitrogens with zero attached hydrogens (tertiary/aromatic N) is 5. The van der Waals surface area contributed by atoms with E-state index in [0.29, 0.717) is 28.0 Å². The zero-order chi connectivity index (χ0) is 19.0. The van der Waals surface area contributed by atoms with Gasteiger partial charge in [-0.05, 0) is 37.3 Å². The third kappa shape index (κ3) is 3.32. The summed E-state index contributed by atoms with van der Waals surface area (Å²) in [5, 5.41) is 11.0. The third-order valence-corrected chi connectivity index (χ3v) is 4.57. The highest BCUT2D eigenvalue weighted by Gasteiger charge is 2.18. The van der Waals surface area contributed by atoms with Gasteiger partial charge in [0.1, 0.15) is 5.82 Å². The second-order valence-corrected chi connectivity index (χ2v) is 6.55. The standard InChI is InChI=1S/C16H10ClFN6O2S/c1-8-13(21-23-24(8)9-4-5-11(18)10(17)7-9)14-19-16(27-22-14)20-15(25)12-3-2-6-26-12/h2-7H,1H3,(H,19,20,22,25). The van der Waals surface area contributed by atoms with E-state index in [1.54, 1.807) is 19.1 Å². The maximum atomic E-state index is 13.4. The van der Waals surface area contributed by atoms with Gasteiger partial charge in [0.25, 0.3) is 5.91 Å². The Morgan fingerprint density at radius 1 is 1.37 bits per heavy atom. The van der Waals surface area contributed by atoms with Gasteiger partial charge in [-0.3, -0.25) is 10.1 Å². The molecule has 0 aliphatic heterocycles. The van der Waals surface area contributed by atoms with Crippen LogP contribution in [0.1, 0.15) is 16.2 Å². The average molecular weight is 405 g/mol. The molecular formula is C16H10ClFN6O2S. The quantitative estimate of drug-likeness (QED) is 0.556. The number of nitrogens with one attached hydrogen (secondary N) is 1. The van der Waals surface area contributed by atoms with E-state index < -0.39 is 11.7 Å². The minimum absolute atomic E-state index is 0.0151. The summed E-state index contributed by atoms with van der Waals surface area (Å²) in [4.78, 5) is 16.3. The van der Waals surface area contributed by atoms with Crippen molar-refractivity contribution in [3.63, 3.8) is 0 Å². The third-order valence-electron chi connectivity index (χ3n) is 3.65. The second kappa shape index (κ2) is 6.89. The Balaban J connectivity index is 1.60. The summed E-state index contributed by atoms with van der Waals surface area (Å²) in [6.07, 6.45) is 1.41. The Hall–Kier alpha value is -3.11. The first kappa shape index (κ1) is 17.3. The Bertz CT molecular complexity index is 1120. The topological polar surface area (TPSA) is 98.7 Å². The van der Waals surface area contributed by atoms with Crippen LogP contribution >= 0.6 is 23.1 Å². The van der Waals surface area contributed by atoms with E-state index in [-0.39, 0.29) is 10.8 Å². The average Bonchev–Trinajstić information content (AvgIpc) is 3.38. The van der Waals surface area contributed by atoms with Crippen molar-refractivity contribution >= 4 is 34.2 Å². The molecule has 11 heteroatoms. The molecule has 1 amide bonds. The molecule has 0 unspecified atom stereocenters. The van der Waals surface area contributed by atoms with Crippen molar-refractivity contribution in [2.45, 2.75) is 6.92 Å². The lowest BCUT2D eigenvalue weighted by Crippen LogP contribution is -2.10. The zero-order valence-corrected chi connectivity index (χ0v) is 15.3. The minimum Gasteiger partial charge on any atom is -0.459 e. The van der Waals surface area contributed by atoms with Gasteiger partial charge in [0.15, 0.2) is 17.3 Å². The van der Waals surface area contributed by atoms with Crippen LogP contribution in [0.4, 0.5) is 9.52 Å². The molecule has 0 radical (unpaired) electrons. The summed E-state index contributed by atoms with van der Waals surface area (Å²) in [6, 6.07) is 7.40. The van der Waals surface area contributed by atoms with Crippen LogP contribution in [0.5, 0.6) is 0 Å². The van der Waals surface area contributed by atoms with Crippen LogP contribution in [0.2, 0.25) is 5.02 Å². The number of furan rings is 1. The van der Waals surface area contributed by atoms with Gasteiger partial charge >= 0.3 is 0 Å². The van der Waals surface area contributed by atoms with Crippen LogP contribution in [0, 0.1) is 12.7 Å². The van der Waals surface area contributed by atoms with Crippen molar-refractivity contribution in [2.24, 2.45) is 0 Å². The van der Waals surface area contributed by atoms with Gasteiger partial charge in [0.05, 0.1) is 22.7 Å². The number of rotatable bonds is 4. The highest BCUT2D eigenvalue weighted by molar-refractivity contribution is 7.10.